The molecule has 2 aromatic heterocycles. The van der Waals surface area contributed by atoms with E-state index in [-0.39, 0.29) is 12.6 Å². The van der Waals surface area contributed by atoms with Crippen molar-refractivity contribution in [3.05, 3.63) is 53.4 Å². The number of hydrogen-bond donors (Lipinski definition) is 1. The van der Waals surface area contributed by atoms with E-state index in [1.165, 1.54) is 0 Å². The molecule has 2 heterocycles. The molecule has 3 rings (SSSR count). The zero-order chi connectivity index (χ0) is 15.5. The summed E-state index contributed by atoms with van der Waals surface area (Å²) in [7, 11) is 1.90. The molecule has 0 saturated heterocycles. The Labute approximate surface area is 133 Å². The minimum atomic E-state index is -0.178. The number of imidazole rings is 1. The molecule has 0 saturated carbocycles. The van der Waals surface area contributed by atoms with Crippen LogP contribution in [0.5, 0.6) is 0 Å². The zero-order valence-corrected chi connectivity index (χ0v) is 12.9. The minimum Gasteiger partial charge on any atom is -0.394 e. The van der Waals surface area contributed by atoms with Gasteiger partial charge in [0.05, 0.1) is 18.8 Å². The second-order valence-corrected chi connectivity index (χ2v) is 5.55. The number of aryl methyl sites for hydroxylation is 1. The summed E-state index contributed by atoms with van der Waals surface area (Å²) in [6, 6.07) is 7.39. The van der Waals surface area contributed by atoms with E-state index in [1.807, 2.05) is 42.1 Å². The number of aromatic nitrogens is 5. The fourth-order valence-electron chi connectivity index (χ4n) is 2.30. The van der Waals surface area contributed by atoms with Crippen LogP contribution in [0.2, 0.25) is 5.02 Å². The van der Waals surface area contributed by atoms with E-state index >= 15 is 0 Å². The van der Waals surface area contributed by atoms with Crippen LogP contribution in [-0.4, -0.2) is 36.3 Å². The molecule has 1 atom stereocenters. The van der Waals surface area contributed by atoms with Gasteiger partial charge in [-0.25, -0.2) is 9.67 Å². The van der Waals surface area contributed by atoms with Crippen molar-refractivity contribution in [1.29, 1.82) is 0 Å². The van der Waals surface area contributed by atoms with Crippen molar-refractivity contribution in [2.24, 2.45) is 7.05 Å². The molecule has 3 aromatic rings. The highest BCUT2D eigenvalue weighted by Crippen LogP contribution is 2.19. The summed E-state index contributed by atoms with van der Waals surface area (Å²) in [5.74, 6) is 0.745. The van der Waals surface area contributed by atoms with E-state index in [1.54, 1.807) is 17.1 Å². The molecule has 0 amide bonds. The number of aliphatic hydroxyl groups excluding tert-OH is 1. The Kier molecular flexibility index (Phi) is 4.22. The topological polar surface area (TPSA) is 68.8 Å². The lowest BCUT2D eigenvalue weighted by molar-refractivity contribution is 0.216. The largest absolute Gasteiger partial charge is 0.394 e. The van der Waals surface area contributed by atoms with Gasteiger partial charge in [-0.3, -0.25) is 0 Å². The summed E-state index contributed by atoms with van der Waals surface area (Å²) >= 11 is 5.89. The van der Waals surface area contributed by atoms with Gasteiger partial charge in [0, 0.05) is 24.5 Å². The lowest BCUT2D eigenvalue weighted by atomic mass is 10.1. The SMILES string of the molecule is Cn1ccnc1-c1cn([C@@H](CO)Cc2ccc(Cl)cc2)nn1. The predicted molar refractivity (Wildman–Crippen MR) is 83.5 cm³/mol. The first kappa shape index (κ1) is 14.7. The Morgan fingerprint density at radius 3 is 2.68 bits per heavy atom. The zero-order valence-electron chi connectivity index (χ0n) is 12.1. The maximum Gasteiger partial charge on any atom is 0.161 e. The van der Waals surface area contributed by atoms with E-state index < -0.39 is 0 Å². The Hall–Kier alpha value is -2.18. The second kappa shape index (κ2) is 6.29. The number of hydrogen-bond acceptors (Lipinski definition) is 4. The fourth-order valence-corrected chi connectivity index (χ4v) is 2.43. The van der Waals surface area contributed by atoms with Crippen molar-refractivity contribution in [1.82, 2.24) is 24.5 Å². The first-order valence-electron chi connectivity index (χ1n) is 6.92. The quantitative estimate of drug-likeness (QED) is 0.782. The molecule has 0 spiro atoms. The highest BCUT2D eigenvalue weighted by Gasteiger charge is 2.15. The molecule has 0 aliphatic heterocycles. The molecule has 0 aliphatic carbocycles. The van der Waals surface area contributed by atoms with Crippen LogP contribution in [0, 0.1) is 0 Å². The van der Waals surface area contributed by atoms with Crippen molar-refractivity contribution in [2.75, 3.05) is 6.61 Å². The van der Waals surface area contributed by atoms with Gasteiger partial charge in [0.1, 0.15) is 5.69 Å². The Bertz CT molecular complexity index is 749. The molecule has 0 bridgehead atoms. The van der Waals surface area contributed by atoms with Gasteiger partial charge < -0.3 is 9.67 Å². The lowest BCUT2D eigenvalue weighted by Crippen LogP contribution is -2.16. The molecule has 0 unspecified atom stereocenters. The third-order valence-electron chi connectivity index (χ3n) is 3.53. The average molecular weight is 318 g/mol. The molecular weight excluding hydrogens is 302 g/mol. The van der Waals surface area contributed by atoms with Gasteiger partial charge >= 0.3 is 0 Å². The van der Waals surface area contributed by atoms with Gasteiger partial charge in [-0.05, 0) is 24.1 Å². The van der Waals surface area contributed by atoms with Crippen molar-refractivity contribution in [3.63, 3.8) is 0 Å². The Morgan fingerprint density at radius 2 is 2.05 bits per heavy atom. The van der Waals surface area contributed by atoms with E-state index in [4.69, 9.17) is 11.6 Å². The number of aliphatic hydroxyl groups is 1. The van der Waals surface area contributed by atoms with Crippen LogP contribution in [0.25, 0.3) is 11.5 Å². The minimum absolute atomic E-state index is 0.0218. The molecule has 114 valence electrons. The average Bonchev–Trinajstić information content (AvgIpc) is 3.15. The van der Waals surface area contributed by atoms with Crippen molar-refractivity contribution in [3.8, 4) is 11.5 Å². The number of rotatable bonds is 5. The van der Waals surface area contributed by atoms with Gasteiger partial charge in [-0.1, -0.05) is 28.9 Å². The highest BCUT2D eigenvalue weighted by atomic mass is 35.5. The summed E-state index contributed by atoms with van der Waals surface area (Å²) in [4.78, 5) is 4.25. The van der Waals surface area contributed by atoms with Gasteiger partial charge in [-0.15, -0.1) is 5.10 Å². The maximum absolute atomic E-state index is 9.65. The normalized spacial score (nSPS) is 12.5. The third kappa shape index (κ3) is 3.03. The molecule has 0 radical (unpaired) electrons. The van der Waals surface area contributed by atoms with Crippen molar-refractivity contribution in [2.45, 2.75) is 12.5 Å². The van der Waals surface area contributed by atoms with Crippen LogP contribution < -0.4 is 0 Å². The van der Waals surface area contributed by atoms with Crippen LogP contribution in [0.3, 0.4) is 0 Å². The van der Waals surface area contributed by atoms with Crippen molar-refractivity contribution >= 4 is 11.6 Å². The third-order valence-corrected chi connectivity index (χ3v) is 3.78. The van der Waals surface area contributed by atoms with Crippen molar-refractivity contribution < 1.29 is 5.11 Å². The molecule has 7 heteroatoms. The van der Waals surface area contributed by atoms with Gasteiger partial charge in [0.25, 0.3) is 0 Å². The van der Waals surface area contributed by atoms with Gasteiger partial charge in [0.2, 0.25) is 0 Å². The van der Waals surface area contributed by atoms with Gasteiger partial charge in [0.15, 0.2) is 5.82 Å². The van der Waals surface area contributed by atoms with Crippen LogP contribution in [0.15, 0.2) is 42.9 Å². The molecular formula is C15H16ClN5O. The molecule has 0 aliphatic rings. The molecule has 22 heavy (non-hydrogen) atoms. The number of nitrogens with zero attached hydrogens (tertiary/aromatic N) is 5. The molecule has 6 nitrogen and oxygen atoms in total. The first-order chi connectivity index (χ1) is 10.7. The predicted octanol–water partition coefficient (Wildman–Crippen LogP) is 2.11. The van der Waals surface area contributed by atoms with E-state index in [9.17, 15) is 5.11 Å². The van der Waals surface area contributed by atoms with E-state index in [2.05, 4.69) is 15.3 Å². The molecule has 0 fully saturated rings. The monoisotopic (exact) mass is 317 g/mol. The number of halogens is 1. The Morgan fingerprint density at radius 1 is 1.27 bits per heavy atom. The Balaban J connectivity index is 1.81. The highest BCUT2D eigenvalue weighted by molar-refractivity contribution is 6.30. The summed E-state index contributed by atoms with van der Waals surface area (Å²) in [5.41, 5.74) is 1.76. The summed E-state index contributed by atoms with van der Waals surface area (Å²) in [6.45, 7) is -0.0218. The summed E-state index contributed by atoms with van der Waals surface area (Å²) in [6.07, 6.45) is 6.02. The lowest BCUT2D eigenvalue weighted by Gasteiger charge is -2.14. The first-order valence-corrected chi connectivity index (χ1v) is 7.30. The van der Waals surface area contributed by atoms with Gasteiger partial charge in [-0.2, -0.15) is 0 Å². The standard InChI is InChI=1S/C15H16ClN5O/c1-20-7-6-17-15(20)14-9-21(19-18-14)13(10-22)8-11-2-4-12(16)5-3-11/h2-7,9,13,22H,8,10H2,1H3/t13-/m1/s1. The van der Waals surface area contributed by atoms with Crippen LogP contribution in [-0.2, 0) is 13.5 Å². The second-order valence-electron chi connectivity index (χ2n) is 5.11. The number of benzene rings is 1. The maximum atomic E-state index is 9.65. The fraction of sp³-hybridized carbons (Fsp3) is 0.267. The summed E-state index contributed by atoms with van der Waals surface area (Å²) < 4.78 is 3.56. The summed E-state index contributed by atoms with van der Waals surface area (Å²) in [5, 5.41) is 18.6. The van der Waals surface area contributed by atoms with Crippen LogP contribution in [0.4, 0.5) is 0 Å². The van der Waals surface area contributed by atoms with Crippen LogP contribution in [0.1, 0.15) is 11.6 Å². The van der Waals surface area contributed by atoms with Crippen LogP contribution >= 0.6 is 11.6 Å². The smallest absolute Gasteiger partial charge is 0.161 e. The van der Waals surface area contributed by atoms with E-state index in [0.717, 1.165) is 11.4 Å². The van der Waals surface area contributed by atoms with E-state index in [0.29, 0.717) is 17.1 Å². The molecule has 1 N–H and O–H groups in total. The molecule has 1 aromatic carbocycles.